The van der Waals surface area contributed by atoms with Gasteiger partial charge in [0, 0.05) is 6.42 Å². The van der Waals surface area contributed by atoms with Crippen molar-refractivity contribution in [1.29, 1.82) is 5.26 Å². The average Bonchev–Trinajstić information content (AvgIpc) is 2.28. The van der Waals surface area contributed by atoms with Gasteiger partial charge in [-0.1, -0.05) is 6.92 Å². The van der Waals surface area contributed by atoms with Crippen LogP contribution in [0.15, 0.2) is 0 Å². The van der Waals surface area contributed by atoms with Crippen LogP contribution in [0.1, 0.15) is 58.3 Å². The molecular weight excluding hydrogens is 210 g/mol. The van der Waals surface area contributed by atoms with E-state index in [1.165, 1.54) is 23.7 Å². The Hall–Kier alpha value is -0.840. The highest BCUT2D eigenvalue weighted by molar-refractivity contribution is 5.79. The van der Waals surface area contributed by atoms with Crippen LogP contribution in [-0.2, 0) is 4.79 Å². The molecule has 2 heteroatoms. The van der Waals surface area contributed by atoms with Gasteiger partial charge in [-0.3, -0.25) is 4.79 Å². The smallest absolute Gasteiger partial charge is 0.146 e. The molecule has 0 saturated heterocycles. The minimum absolute atomic E-state index is 0.0162. The van der Waals surface area contributed by atoms with Crippen LogP contribution >= 0.6 is 0 Å². The number of nitriles is 1. The lowest BCUT2D eigenvalue weighted by Crippen LogP contribution is -2.38. The molecule has 4 fully saturated rings. The van der Waals surface area contributed by atoms with E-state index in [-0.39, 0.29) is 12.2 Å². The third-order valence-electron chi connectivity index (χ3n) is 4.67. The minimum Gasteiger partial charge on any atom is -0.299 e. The molecule has 4 rings (SSSR count). The molecule has 94 valence electrons. The summed E-state index contributed by atoms with van der Waals surface area (Å²) in [4.78, 5) is 10.2. The highest BCUT2D eigenvalue weighted by Gasteiger charge is 2.41. The third-order valence-corrected chi connectivity index (χ3v) is 4.67. The Morgan fingerprint density at radius 3 is 1.53 bits per heavy atom. The monoisotopic (exact) mass is 233 g/mol. The first-order valence-corrected chi connectivity index (χ1v) is 7.09. The molecule has 0 aliphatic heterocycles. The van der Waals surface area contributed by atoms with Crippen molar-refractivity contribution >= 4 is 5.78 Å². The van der Waals surface area contributed by atoms with Gasteiger partial charge in [-0.25, -0.2) is 0 Å². The molecule has 0 aromatic rings. The Morgan fingerprint density at radius 1 is 1.00 bits per heavy atom. The van der Waals surface area contributed by atoms with Crippen molar-refractivity contribution in [2.45, 2.75) is 58.3 Å². The van der Waals surface area contributed by atoms with Gasteiger partial charge in [0.25, 0.3) is 0 Å². The summed E-state index contributed by atoms with van der Waals surface area (Å²) >= 11 is 0. The number of Topliss-reactive ketones (excluding diaryl/α,β-unsaturated/α-hetero) is 1. The molecule has 0 aromatic carbocycles. The summed E-state index contributed by atoms with van der Waals surface area (Å²) in [6.45, 7) is 1.75. The summed E-state index contributed by atoms with van der Waals surface area (Å²) in [5.41, 5.74) is 0. The van der Waals surface area contributed by atoms with Gasteiger partial charge in [0.1, 0.15) is 5.78 Å². The molecule has 0 amide bonds. The summed E-state index contributed by atoms with van der Waals surface area (Å²) in [5.74, 6) is 4.72. The Balaban J connectivity index is 0.000000139. The number of nitrogens with zero attached hydrogens (tertiary/aromatic N) is 1. The van der Waals surface area contributed by atoms with E-state index in [4.69, 9.17) is 5.26 Å². The molecule has 0 atom stereocenters. The van der Waals surface area contributed by atoms with Crippen molar-refractivity contribution in [2.24, 2.45) is 23.7 Å². The maximum atomic E-state index is 10.2. The lowest BCUT2D eigenvalue weighted by molar-refractivity contribution is -0.117. The Labute approximate surface area is 104 Å². The largest absolute Gasteiger partial charge is 0.299 e. The maximum absolute atomic E-state index is 10.2. The summed E-state index contributed by atoms with van der Waals surface area (Å²) in [5, 5.41) is 7.90. The normalized spacial score (nSPS) is 36.9. The lowest BCUT2D eigenvalue weighted by Gasteiger charge is -2.49. The van der Waals surface area contributed by atoms with E-state index in [2.05, 4.69) is 0 Å². The minimum atomic E-state index is 0.0162. The zero-order valence-electron chi connectivity index (χ0n) is 10.8. The van der Waals surface area contributed by atoms with Crippen LogP contribution in [0.3, 0.4) is 0 Å². The van der Waals surface area contributed by atoms with E-state index in [0.717, 1.165) is 0 Å². The van der Waals surface area contributed by atoms with E-state index < -0.39 is 0 Å². The molecule has 0 radical (unpaired) electrons. The van der Waals surface area contributed by atoms with Crippen molar-refractivity contribution in [3.8, 4) is 6.07 Å². The number of rotatable bonds is 2. The van der Waals surface area contributed by atoms with E-state index in [0.29, 0.717) is 6.42 Å². The van der Waals surface area contributed by atoms with Gasteiger partial charge in [0.15, 0.2) is 0 Å². The zero-order chi connectivity index (χ0) is 12.3. The summed E-state index contributed by atoms with van der Waals surface area (Å²) in [6, 6.07) is 1.77. The average molecular weight is 233 g/mol. The van der Waals surface area contributed by atoms with Crippen molar-refractivity contribution < 1.29 is 4.79 Å². The van der Waals surface area contributed by atoms with E-state index in [1.807, 2.05) is 0 Å². The Kier molecular flexibility index (Phi) is 4.20. The molecule has 4 bridgehead atoms. The number of hydrogen-bond donors (Lipinski definition) is 0. The quantitative estimate of drug-likeness (QED) is 0.729. The highest BCUT2D eigenvalue weighted by Crippen LogP contribution is 2.53. The van der Waals surface area contributed by atoms with Crippen molar-refractivity contribution in [1.82, 2.24) is 0 Å². The Morgan fingerprint density at radius 2 is 1.35 bits per heavy atom. The molecule has 0 unspecified atom stereocenters. The first-order valence-electron chi connectivity index (χ1n) is 7.09. The number of carbonyl (C=O) groups is 1. The fraction of sp³-hybridized carbons (Fsp3) is 0.867. The standard InChI is InChI=1S/C10H16.C5H7NO/c1-7-2-9-4-8(1)5-10(3-7)6-9;1-2-5(7)3-4-6/h7-10H,1-6H2;2-3H2,1H3. The summed E-state index contributed by atoms with van der Waals surface area (Å²) < 4.78 is 0. The first kappa shape index (κ1) is 12.6. The van der Waals surface area contributed by atoms with Gasteiger partial charge < -0.3 is 0 Å². The van der Waals surface area contributed by atoms with Crippen LogP contribution in [-0.4, -0.2) is 5.78 Å². The summed E-state index contributed by atoms with van der Waals surface area (Å²) in [7, 11) is 0. The molecule has 4 saturated carbocycles. The molecule has 4 aliphatic rings. The van der Waals surface area contributed by atoms with Crippen LogP contribution in [0.5, 0.6) is 0 Å². The second-order valence-corrected chi connectivity index (χ2v) is 6.11. The fourth-order valence-electron chi connectivity index (χ4n) is 4.20. The summed E-state index contributed by atoms with van der Waals surface area (Å²) in [6.07, 6.45) is 10.2. The van der Waals surface area contributed by atoms with Crippen molar-refractivity contribution in [3.05, 3.63) is 0 Å². The van der Waals surface area contributed by atoms with Gasteiger partial charge in [0.2, 0.25) is 0 Å². The molecule has 4 aliphatic carbocycles. The van der Waals surface area contributed by atoms with E-state index in [1.54, 1.807) is 51.5 Å². The molecule has 17 heavy (non-hydrogen) atoms. The highest BCUT2D eigenvalue weighted by atomic mass is 16.1. The zero-order valence-corrected chi connectivity index (χ0v) is 10.8. The van der Waals surface area contributed by atoms with Crippen LogP contribution in [0.2, 0.25) is 0 Å². The van der Waals surface area contributed by atoms with Crippen LogP contribution in [0, 0.1) is 35.0 Å². The van der Waals surface area contributed by atoms with Gasteiger partial charge in [0.05, 0.1) is 12.5 Å². The number of ketones is 1. The molecule has 0 N–H and O–H groups in total. The van der Waals surface area contributed by atoms with E-state index >= 15 is 0 Å². The van der Waals surface area contributed by atoms with Crippen LogP contribution in [0.25, 0.3) is 0 Å². The van der Waals surface area contributed by atoms with Gasteiger partial charge >= 0.3 is 0 Å². The SMILES string of the molecule is C1C2CC3CC1CC(C2)C3.CCC(=O)CC#N. The maximum Gasteiger partial charge on any atom is 0.146 e. The second kappa shape index (κ2) is 5.67. The van der Waals surface area contributed by atoms with Gasteiger partial charge in [-0.2, -0.15) is 5.26 Å². The predicted octanol–water partition coefficient (Wildman–Crippen LogP) is 3.71. The fourth-order valence-corrected chi connectivity index (χ4v) is 4.20. The molecule has 2 nitrogen and oxygen atoms in total. The number of hydrogen-bond acceptors (Lipinski definition) is 2. The molecule has 0 aromatic heterocycles. The lowest BCUT2D eigenvalue weighted by atomic mass is 9.56. The number of carbonyl (C=O) groups excluding carboxylic acids is 1. The first-order chi connectivity index (χ1) is 8.21. The van der Waals surface area contributed by atoms with Gasteiger partial charge in [-0.05, 0) is 62.2 Å². The van der Waals surface area contributed by atoms with Gasteiger partial charge in [-0.15, -0.1) is 0 Å². The van der Waals surface area contributed by atoms with Crippen molar-refractivity contribution in [2.75, 3.05) is 0 Å². The molecule has 0 spiro atoms. The van der Waals surface area contributed by atoms with E-state index in [9.17, 15) is 4.79 Å². The second-order valence-electron chi connectivity index (χ2n) is 6.11. The van der Waals surface area contributed by atoms with Crippen LogP contribution < -0.4 is 0 Å². The predicted molar refractivity (Wildman–Crippen MR) is 67.2 cm³/mol. The topological polar surface area (TPSA) is 40.9 Å². The third kappa shape index (κ3) is 3.31. The van der Waals surface area contributed by atoms with Crippen molar-refractivity contribution in [3.63, 3.8) is 0 Å². The molecule has 0 heterocycles. The van der Waals surface area contributed by atoms with Crippen LogP contribution in [0.4, 0.5) is 0 Å². The Bertz CT molecular complexity index is 259. The molecular formula is C15H23NO.